The van der Waals surface area contributed by atoms with Crippen LogP contribution in [0.25, 0.3) is 5.52 Å². The summed E-state index contributed by atoms with van der Waals surface area (Å²) >= 11 is 1.65. The molecular weight excluding hydrogens is 277 g/mol. The van der Waals surface area contributed by atoms with Crippen LogP contribution in [0.4, 0.5) is 19.0 Å². The van der Waals surface area contributed by atoms with Gasteiger partial charge >= 0.3 is 6.18 Å². The van der Waals surface area contributed by atoms with Crippen molar-refractivity contribution in [1.29, 1.82) is 0 Å². The highest BCUT2D eigenvalue weighted by Crippen LogP contribution is 2.30. The fourth-order valence-corrected chi connectivity index (χ4v) is 2.28. The molecule has 0 radical (unpaired) electrons. The maximum Gasteiger partial charge on any atom is 0.435 e. The molecule has 2 aromatic rings. The molecule has 0 bridgehead atoms. The number of alkyl halides is 3. The minimum absolute atomic E-state index is 0.109. The highest BCUT2D eigenvalue weighted by Gasteiger charge is 2.34. The second kappa shape index (κ2) is 5.28. The van der Waals surface area contributed by atoms with E-state index in [2.05, 4.69) is 15.4 Å². The lowest BCUT2D eigenvalue weighted by Crippen LogP contribution is -2.19. The number of rotatable bonds is 4. The van der Waals surface area contributed by atoms with Gasteiger partial charge in [0.1, 0.15) is 5.52 Å². The number of hydrogen-bond donors (Lipinski definition) is 1. The number of thioether (sulfide) groups is 1. The molecule has 19 heavy (non-hydrogen) atoms. The van der Waals surface area contributed by atoms with E-state index in [0.717, 1.165) is 11.8 Å². The quantitative estimate of drug-likeness (QED) is 0.940. The Morgan fingerprint density at radius 2 is 2.21 bits per heavy atom. The zero-order valence-electron chi connectivity index (χ0n) is 10.4. The number of fused-ring (bicyclic) bond motifs is 1. The fourth-order valence-electron chi connectivity index (χ4n) is 1.70. The van der Waals surface area contributed by atoms with Crippen LogP contribution in [0.2, 0.25) is 0 Å². The third-order valence-electron chi connectivity index (χ3n) is 2.48. The van der Waals surface area contributed by atoms with Crippen molar-refractivity contribution in [3.63, 3.8) is 0 Å². The van der Waals surface area contributed by atoms with E-state index >= 15 is 0 Å². The van der Waals surface area contributed by atoms with Crippen LogP contribution < -0.4 is 5.32 Å². The fraction of sp³-hybridized carbons (Fsp3) is 0.455. The molecule has 2 aromatic heterocycles. The average molecular weight is 290 g/mol. The van der Waals surface area contributed by atoms with Crippen molar-refractivity contribution >= 4 is 23.1 Å². The summed E-state index contributed by atoms with van der Waals surface area (Å²) in [5.41, 5.74) is -0.594. The van der Waals surface area contributed by atoms with Crippen molar-refractivity contribution in [3.8, 4) is 0 Å². The Kier molecular flexibility index (Phi) is 3.88. The van der Waals surface area contributed by atoms with Crippen molar-refractivity contribution < 1.29 is 13.2 Å². The van der Waals surface area contributed by atoms with E-state index in [4.69, 9.17) is 0 Å². The molecule has 1 N–H and O–H groups in total. The Balaban J connectivity index is 2.37. The average Bonchev–Trinajstić information content (AvgIpc) is 2.74. The van der Waals surface area contributed by atoms with Gasteiger partial charge in [0.2, 0.25) is 0 Å². The highest BCUT2D eigenvalue weighted by molar-refractivity contribution is 7.98. The van der Waals surface area contributed by atoms with E-state index in [1.165, 1.54) is 16.9 Å². The van der Waals surface area contributed by atoms with Crippen LogP contribution >= 0.6 is 11.8 Å². The molecule has 8 heteroatoms. The van der Waals surface area contributed by atoms with Gasteiger partial charge in [-0.1, -0.05) is 0 Å². The van der Waals surface area contributed by atoms with Crippen molar-refractivity contribution in [2.45, 2.75) is 19.1 Å². The van der Waals surface area contributed by atoms with E-state index in [9.17, 15) is 13.2 Å². The third kappa shape index (κ3) is 3.12. The van der Waals surface area contributed by atoms with Gasteiger partial charge in [0, 0.05) is 30.3 Å². The van der Waals surface area contributed by atoms with Crippen LogP contribution in [0.1, 0.15) is 12.6 Å². The number of halogens is 3. The summed E-state index contributed by atoms with van der Waals surface area (Å²) in [4.78, 5) is 4.08. The van der Waals surface area contributed by atoms with Gasteiger partial charge in [-0.25, -0.2) is 9.50 Å². The van der Waals surface area contributed by atoms with Crippen LogP contribution in [-0.2, 0) is 6.18 Å². The van der Waals surface area contributed by atoms with E-state index in [-0.39, 0.29) is 6.04 Å². The molecule has 1 atom stereocenters. The normalized spacial score (nSPS) is 13.7. The van der Waals surface area contributed by atoms with Crippen molar-refractivity contribution in [2.24, 2.45) is 0 Å². The summed E-state index contributed by atoms with van der Waals surface area (Å²) in [6.45, 7) is 1.95. The van der Waals surface area contributed by atoms with E-state index in [0.29, 0.717) is 11.3 Å². The van der Waals surface area contributed by atoms with Crippen LogP contribution in [0, 0.1) is 0 Å². The monoisotopic (exact) mass is 290 g/mol. The number of anilines is 1. The first-order chi connectivity index (χ1) is 8.91. The summed E-state index contributed by atoms with van der Waals surface area (Å²) in [5.74, 6) is 1.25. The third-order valence-corrected chi connectivity index (χ3v) is 3.31. The zero-order valence-corrected chi connectivity index (χ0v) is 11.2. The summed E-state index contributed by atoms with van der Waals surface area (Å²) in [5, 5.41) is 6.59. The second-order valence-corrected chi connectivity index (χ2v) is 5.04. The van der Waals surface area contributed by atoms with Crippen LogP contribution in [0.3, 0.4) is 0 Å². The Bertz CT molecular complexity index is 567. The summed E-state index contributed by atoms with van der Waals surface area (Å²) in [6.07, 6.45) is 0.338. The lowest BCUT2D eigenvalue weighted by Gasteiger charge is -2.13. The van der Waals surface area contributed by atoms with Gasteiger partial charge in [0.05, 0.1) is 0 Å². The van der Waals surface area contributed by atoms with Gasteiger partial charge in [0.25, 0.3) is 0 Å². The molecule has 4 nitrogen and oxygen atoms in total. The van der Waals surface area contributed by atoms with Crippen LogP contribution in [0.5, 0.6) is 0 Å². The SMILES string of the molecule is CSCC(C)Nc1nccn2nc(C(F)(F)F)cc12. The Hall–Kier alpha value is -1.44. The van der Waals surface area contributed by atoms with Gasteiger partial charge in [-0.15, -0.1) is 0 Å². The minimum Gasteiger partial charge on any atom is -0.365 e. The standard InChI is InChI=1S/C11H13F3N4S/c1-7(6-19-2)16-10-8-5-9(11(12,13)14)17-18(8)4-3-15-10/h3-5,7H,6H2,1-2H3,(H,15,16). The summed E-state index contributed by atoms with van der Waals surface area (Å²) in [6, 6.07) is 1.11. The Morgan fingerprint density at radius 1 is 1.47 bits per heavy atom. The maximum atomic E-state index is 12.6. The number of aromatic nitrogens is 3. The largest absolute Gasteiger partial charge is 0.435 e. The molecule has 0 amide bonds. The highest BCUT2D eigenvalue weighted by atomic mass is 32.2. The Morgan fingerprint density at radius 3 is 2.84 bits per heavy atom. The predicted molar refractivity (Wildman–Crippen MR) is 69.5 cm³/mol. The predicted octanol–water partition coefficient (Wildman–Crippen LogP) is 2.91. The number of hydrogen-bond acceptors (Lipinski definition) is 4. The molecule has 2 rings (SSSR count). The first-order valence-corrected chi connectivity index (χ1v) is 6.98. The lowest BCUT2D eigenvalue weighted by atomic mass is 10.3. The van der Waals surface area contributed by atoms with Crippen LogP contribution in [-0.4, -0.2) is 32.6 Å². The molecule has 0 spiro atoms. The van der Waals surface area contributed by atoms with Crippen molar-refractivity contribution in [1.82, 2.24) is 14.6 Å². The molecule has 0 fully saturated rings. The van der Waals surface area contributed by atoms with Gasteiger partial charge in [-0.2, -0.15) is 30.0 Å². The molecule has 0 saturated carbocycles. The number of nitrogens with zero attached hydrogens (tertiary/aromatic N) is 3. The molecule has 0 aromatic carbocycles. The van der Waals surface area contributed by atoms with Gasteiger partial charge in [0.15, 0.2) is 11.5 Å². The molecule has 2 heterocycles. The minimum atomic E-state index is -4.45. The first-order valence-electron chi connectivity index (χ1n) is 5.59. The molecule has 0 aliphatic rings. The maximum absolute atomic E-state index is 12.6. The second-order valence-electron chi connectivity index (χ2n) is 4.13. The van der Waals surface area contributed by atoms with E-state index in [1.807, 2.05) is 13.2 Å². The molecule has 0 saturated heterocycles. The smallest absolute Gasteiger partial charge is 0.365 e. The molecule has 104 valence electrons. The molecule has 0 aliphatic carbocycles. The zero-order chi connectivity index (χ0) is 14.0. The summed E-state index contributed by atoms with van der Waals surface area (Å²) in [7, 11) is 0. The van der Waals surface area contributed by atoms with Gasteiger partial charge < -0.3 is 5.32 Å². The molecule has 1 unspecified atom stereocenters. The molecule has 0 aliphatic heterocycles. The van der Waals surface area contributed by atoms with Crippen LogP contribution in [0.15, 0.2) is 18.5 Å². The lowest BCUT2D eigenvalue weighted by molar-refractivity contribution is -0.141. The van der Waals surface area contributed by atoms with Gasteiger partial charge in [-0.3, -0.25) is 0 Å². The number of nitrogens with one attached hydrogen (secondary N) is 1. The van der Waals surface area contributed by atoms with Crippen molar-refractivity contribution in [2.75, 3.05) is 17.3 Å². The van der Waals surface area contributed by atoms with Gasteiger partial charge in [-0.05, 0) is 13.2 Å². The summed E-state index contributed by atoms with van der Waals surface area (Å²) < 4.78 is 39.0. The van der Waals surface area contributed by atoms with E-state index < -0.39 is 11.9 Å². The molecular formula is C11H13F3N4S. The Labute approximate surface area is 112 Å². The topological polar surface area (TPSA) is 42.2 Å². The first kappa shape index (κ1) is 14.0. The van der Waals surface area contributed by atoms with Crippen molar-refractivity contribution in [3.05, 3.63) is 24.2 Å². The van der Waals surface area contributed by atoms with E-state index in [1.54, 1.807) is 11.8 Å².